The first-order valence-electron chi connectivity index (χ1n) is 6.51. The van der Waals surface area contributed by atoms with Crippen molar-refractivity contribution in [2.45, 2.75) is 57.5 Å². The van der Waals surface area contributed by atoms with Crippen LogP contribution in [0, 0.1) is 0 Å². The van der Waals surface area contributed by atoms with Gasteiger partial charge in [0.25, 0.3) is 0 Å². The molecule has 0 aromatic rings. The molecular formula is C14H21NO3. The predicted octanol–water partition coefficient (Wildman–Crippen LogP) is 3.02. The molecule has 0 spiro atoms. The summed E-state index contributed by atoms with van der Waals surface area (Å²) in [5, 5.41) is 11.3. The molecule has 0 saturated carbocycles. The summed E-state index contributed by atoms with van der Waals surface area (Å²) in [7, 11) is 0. The van der Waals surface area contributed by atoms with Crippen molar-refractivity contribution in [2.75, 3.05) is 0 Å². The van der Waals surface area contributed by atoms with Crippen molar-refractivity contribution in [1.82, 2.24) is 0 Å². The summed E-state index contributed by atoms with van der Waals surface area (Å²) in [5.74, 6) is -0.493. The van der Waals surface area contributed by atoms with Gasteiger partial charge in [0.05, 0.1) is 0 Å². The van der Waals surface area contributed by atoms with E-state index in [1.54, 1.807) is 0 Å². The molecule has 1 aliphatic heterocycles. The number of oxime groups is 1. The van der Waals surface area contributed by atoms with Gasteiger partial charge in [0, 0.05) is 6.21 Å². The van der Waals surface area contributed by atoms with E-state index in [4.69, 9.17) is 14.7 Å². The highest BCUT2D eigenvalue weighted by Crippen LogP contribution is 2.36. The van der Waals surface area contributed by atoms with E-state index in [1.165, 1.54) is 11.8 Å². The molecule has 1 N–H and O–H groups in total. The molecule has 0 amide bonds. The molecule has 18 heavy (non-hydrogen) atoms. The summed E-state index contributed by atoms with van der Waals surface area (Å²) in [6.45, 7) is 3.91. The summed E-state index contributed by atoms with van der Waals surface area (Å²) in [6.07, 6.45) is 11.8. The summed E-state index contributed by atoms with van der Waals surface area (Å²) >= 11 is 0. The number of allylic oxidation sites excluding steroid dienone is 2. The standard InChI is InChI=1S/C14H21NO3/c1-14(2)17-12-9-6-8-11(13(12)18-14)7-4-3-5-10-15-16/h6,8-10,12-13,16H,3-5,7H2,1-2H3/b15-10+/t12-,13+/m0/s1. The summed E-state index contributed by atoms with van der Waals surface area (Å²) < 4.78 is 11.8. The second-order valence-corrected chi connectivity index (χ2v) is 5.19. The third kappa shape index (κ3) is 3.21. The van der Waals surface area contributed by atoms with Crippen molar-refractivity contribution in [1.29, 1.82) is 0 Å². The van der Waals surface area contributed by atoms with E-state index in [0.29, 0.717) is 0 Å². The van der Waals surface area contributed by atoms with Crippen LogP contribution in [0.3, 0.4) is 0 Å². The Morgan fingerprint density at radius 2 is 2.22 bits per heavy atom. The fraction of sp³-hybridized carbons (Fsp3) is 0.643. The lowest BCUT2D eigenvalue weighted by Gasteiger charge is -2.20. The van der Waals surface area contributed by atoms with Crippen LogP contribution in [0.25, 0.3) is 0 Å². The quantitative estimate of drug-likeness (QED) is 0.353. The Bertz CT molecular complexity index is 371. The predicted molar refractivity (Wildman–Crippen MR) is 69.8 cm³/mol. The first-order valence-corrected chi connectivity index (χ1v) is 6.51. The molecule has 0 aromatic carbocycles. The Morgan fingerprint density at radius 3 is 3.00 bits per heavy atom. The van der Waals surface area contributed by atoms with Gasteiger partial charge in [-0.3, -0.25) is 0 Å². The fourth-order valence-corrected chi connectivity index (χ4v) is 2.45. The molecule has 1 fully saturated rings. The number of unbranched alkanes of at least 4 members (excludes halogenated alkanes) is 2. The van der Waals surface area contributed by atoms with E-state index in [9.17, 15) is 0 Å². The Kier molecular flexibility index (Phi) is 4.19. The summed E-state index contributed by atoms with van der Waals surface area (Å²) in [5.41, 5.74) is 1.30. The lowest BCUT2D eigenvalue weighted by molar-refractivity contribution is -0.139. The minimum atomic E-state index is -0.493. The molecular weight excluding hydrogens is 230 g/mol. The maximum Gasteiger partial charge on any atom is 0.164 e. The minimum Gasteiger partial charge on any atom is -0.411 e. The van der Waals surface area contributed by atoms with Crippen molar-refractivity contribution >= 4 is 6.21 Å². The molecule has 1 saturated heterocycles. The molecule has 0 radical (unpaired) electrons. The van der Waals surface area contributed by atoms with E-state index < -0.39 is 5.79 Å². The third-order valence-electron chi connectivity index (χ3n) is 3.24. The molecule has 2 atom stereocenters. The van der Waals surface area contributed by atoms with Crippen molar-refractivity contribution in [2.24, 2.45) is 5.16 Å². The van der Waals surface area contributed by atoms with Crippen LogP contribution in [0.15, 0.2) is 29.0 Å². The number of fused-ring (bicyclic) bond motifs is 1. The molecule has 4 nitrogen and oxygen atoms in total. The van der Waals surface area contributed by atoms with Gasteiger partial charge in [-0.05, 0) is 45.1 Å². The van der Waals surface area contributed by atoms with Gasteiger partial charge in [-0.1, -0.05) is 18.2 Å². The van der Waals surface area contributed by atoms with Crippen molar-refractivity contribution in [3.8, 4) is 0 Å². The SMILES string of the molecule is CC1(C)O[C@H]2C=CC=C(CCCC/C=N/O)[C@H]2O1. The van der Waals surface area contributed by atoms with Gasteiger partial charge < -0.3 is 14.7 Å². The Balaban J connectivity index is 1.85. The van der Waals surface area contributed by atoms with Gasteiger partial charge in [0.15, 0.2) is 5.79 Å². The van der Waals surface area contributed by atoms with E-state index in [2.05, 4.69) is 23.4 Å². The van der Waals surface area contributed by atoms with Crippen LogP contribution in [-0.4, -0.2) is 29.4 Å². The number of hydrogen-bond acceptors (Lipinski definition) is 4. The maximum atomic E-state index is 8.31. The van der Waals surface area contributed by atoms with Gasteiger partial charge >= 0.3 is 0 Å². The molecule has 1 aliphatic carbocycles. The first-order chi connectivity index (χ1) is 8.62. The second kappa shape index (κ2) is 5.67. The molecule has 2 aliphatic rings. The zero-order chi connectivity index (χ0) is 13.0. The second-order valence-electron chi connectivity index (χ2n) is 5.19. The normalized spacial score (nSPS) is 29.6. The van der Waals surface area contributed by atoms with Crippen molar-refractivity contribution in [3.05, 3.63) is 23.8 Å². The minimum absolute atomic E-state index is 0.0546. The molecule has 0 aromatic heterocycles. The van der Waals surface area contributed by atoms with Crippen LogP contribution in [0.1, 0.15) is 39.5 Å². The van der Waals surface area contributed by atoms with Gasteiger partial charge in [0.1, 0.15) is 12.2 Å². The molecule has 1 heterocycles. The molecule has 0 unspecified atom stereocenters. The Hall–Kier alpha value is -1.13. The highest BCUT2D eigenvalue weighted by Gasteiger charge is 2.42. The number of nitrogens with zero attached hydrogens (tertiary/aromatic N) is 1. The van der Waals surface area contributed by atoms with Crippen LogP contribution in [0.5, 0.6) is 0 Å². The fourth-order valence-electron chi connectivity index (χ4n) is 2.45. The van der Waals surface area contributed by atoms with Crippen LogP contribution < -0.4 is 0 Å². The average Bonchev–Trinajstić information content (AvgIpc) is 2.63. The number of hydrogen-bond donors (Lipinski definition) is 1. The van der Waals surface area contributed by atoms with Crippen LogP contribution in [0.4, 0.5) is 0 Å². The maximum absolute atomic E-state index is 8.31. The van der Waals surface area contributed by atoms with Crippen LogP contribution in [-0.2, 0) is 9.47 Å². The topological polar surface area (TPSA) is 51.0 Å². The van der Waals surface area contributed by atoms with Crippen molar-refractivity contribution < 1.29 is 14.7 Å². The molecule has 4 heteroatoms. The van der Waals surface area contributed by atoms with Gasteiger partial charge in [0.2, 0.25) is 0 Å². The monoisotopic (exact) mass is 251 g/mol. The lowest BCUT2D eigenvalue weighted by Crippen LogP contribution is -2.25. The zero-order valence-corrected chi connectivity index (χ0v) is 11.0. The van der Waals surface area contributed by atoms with E-state index in [1.807, 2.05) is 13.8 Å². The van der Waals surface area contributed by atoms with Crippen LogP contribution in [0.2, 0.25) is 0 Å². The molecule has 2 rings (SSSR count). The lowest BCUT2D eigenvalue weighted by atomic mass is 9.94. The van der Waals surface area contributed by atoms with E-state index in [-0.39, 0.29) is 12.2 Å². The van der Waals surface area contributed by atoms with Crippen LogP contribution >= 0.6 is 0 Å². The van der Waals surface area contributed by atoms with Gasteiger partial charge in [-0.2, -0.15) is 0 Å². The summed E-state index contributed by atoms with van der Waals surface area (Å²) in [6, 6.07) is 0. The molecule has 0 bridgehead atoms. The number of ether oxygens (including phenoxy) is 2. The van der Waals surface area contributed by atoms with Gasteiger partial charge in [-0.25, -0.2) is 0 Å². The average molecular weight is 251 g/mol. The molecule has 100 valence electrons. The Labute approximate surface area is 108 Å². The Morgan fingerprint density at radius 1 is 1.39 bits per heavy atom. The van der Waals surface area contributed by atoms with E-state index >= 15 is 0 Å². The highest BCUT2D eigenvalue weighted by molar-refractivity contribution is 5.55. The summed E-state index contributed by atoms with van der Waals surface area (Å²) in [4.78, 5) is 0. The van der Waals surface area contributed by atoms with E-state index in [0.717, 1.165) is 25.7 Å². The highest BCUT2D eigenvalue weighted by atomic mass is 16.7. The largest absolute Gasteiger partial charge is 0.411 e. The first kappa shape index (κ1) is 13.3. The number of rotatable bonds is 5. The third-order valence-corrected chi connectivity index (χ3v) is 3.24. The van der Waals surface area contributed by atoms with Gasteiger partial charge in [-0.15, -0.1) is 5.16 Å². The van der Waals surface area contributed by atoms with Crippen molar-refractivity contribution in [3.63, 3.8) is 0 Å². The smallest absolute Gasteiger partial charge is 0.164 e. The zero-order valence-electron chi connectivity index (χ0n) is 11.0.